The lowest BCUT2D eigenvalue weighted by atomic mass is 9.93. The molecule has 0 aromatic carbocycles. The monoisotopic (exact) mass is 419 g/mol. The van der Waals surface area contributed by atoms with Crippen LogP contribution in [0.2, 0.25) is 0 Å². The Balaban J connectivity index is 1.50. The molecule has 0 aliphatic carbocycles. The molecule has 2 saturated heterocycles. The maximum absolute atomic E-state index is 13.0. The summed E-state index contributed by atoms with van der Waals surface area (Å²) in [4.78, 5) is 42.2. The Morgan fingerprint density at radius 1 is 1.20 bits per heavy atom. The third-order valence-electron chi connectivity index (χ3n) is 6.06. The quantitative estimate of drug-likeness (QED) is 0.661. The van der Waals surface area contributed by atoms with Crippen molar-refractivity contribution in [3.63, 3.8) is 0 Å². The predicted molar refractivity (Wildman–Crippen MR) is 111 cm³/mol. The lowest BCUT2D eigenvalue weighted by Gasteiger charge is -2.31. The molecule has 0 radical (unpaired) electrons. The number of H-pyrrole nitrogens is 1. The van der Waals surface area contributed by atoms with Crippen LogP contribution in [-0.2, 0) is 14.3 Å². The topological polar surface area (TPSA) is 101 Å². The molecule has 3 rings (SSSR count). The smallest absolute Gasteiger partial charge is 0.340 e. The summed E-state index contributed by atoms with van der Waals surface area (Å²) in [6.45, 7) is 8.18. The van der Waals surface area contributed by atoms with Crippen LogP contribution >= 0.6 is 0 Å². The average molecular weight is 420 g/mol. The summed E-state index contributed by atoms with van der Waals surface area (Å²) < 4.78 is 10.6. The van der Waals surface area contributed by atoms with Gasteiger partial charge in [0.1, 0.15) is 5.69 Å². The number of hydrogen-bond donors (Lipinski definition) is 2. The SMILES string of the molecule is CCOC(=O)c1c(C)[nH]c(C(=O)N2CCC(CC(=O)NC[C@H]3CCCO3)CC2)c1C. The minimum absolute atomic E-state index is 0.0604. The van der Waals surface area contributed by atoms with Gasteiger partial charge in [0.25, 0.3) is 5.91 Å². The van der Waals surface area contributed by atoms with E-state index in [1.165, 1.54) is 0 Å². The van der Waals surface area contributed by atoms with E-state index in [4.69, 9.17) is 9.47 Å². The van der Waals surface area contributed by atoms with Gasteiger partial charge in [-0.05, 0) is 57.9 Å². The largest absolute Gasteiger partial charge is 0.462 e. The zero-order valence-electron chi connectivity index (χ0n) is 18.2. The van der Waals surface area contributed by atoms with Gasteiger partial charge in [0, 0.05) is 38.4 Å². The molecular formula is C22H33N3O5. The molecule has 2 N–H and O–H groups in total. The maximum Gasteiger partial charge on any atom is 0.340 e. The number of nitrogens with zero attached hydrogens (tertiary/aromatic N) is 1. The Labute approximate surface area is 177 Å². The molecule has 3 heterocycles. The highest BCUT2D eigenvalue weighted by Crippen LogP contribution is 2.25. The lowest BCUT2D eigenvalue weighted by molar-refractivity contribution is -0.122. The van der Waals surface area contributed by atoms with Crippen molar-refractivity contribution >= 4 is 17.8 Å². The fraction of sp³-hybridized carbons (Fsp3) is 0.682. The Kier molecular flexibility index (Phi) is 7.53. The molecule has 0 unspecified atom stereocenters. The minimum atomic E-state index is -0.407. The lowest BCUT2D eigenvalue weighted by Crippen LogP contribution is -2.40. The summed E-state index contributed by atoms with van der Waals surface area (Å²) in [5, 5.41) is 2.98. The van der Waals surface area contributed by atoms with Crippen LogP contribution in [0, 0.1) is 19.8 Å². The number of amides is 2. The molecule has 1 atom stereocenters. The van der Waals surface area contributed by atoms with E-state index < -0.39 is 5.97 Å². The van der Waals surface area contributed by atoms with Crippen LogP contribution in [-0.4, -0.2) is 66.6 Å². The second-order valence-electron chi connectivity index (χ2n) is 8.22. The fourth-order valence-electron chi connectivity index (χ4n) is 4.34. The molecule has 8 heteroatoms. The minimum Gasteiger partial charge on any atom is -0.462 e. The van der Waals surface area contributed by atoms with Crippen LogP contribution in [0.15, 0.2) is 0 Å². The third kappa shape index (κ3) is 5.22. The Morgan fingerprint density at radius 2 is 1.93 bits per heavy atom. The normalized spacial score (nSPS) is 19.7. The number of carbonyl (C=O) groups is 3. The Morgan fingerprint density at radius 3 is 2.57 bits per heavy atom. The van der Waals surface area contributed by atoms with Gasteiger partial charge < -0.3 is 24.7 Å². The Bertz CT molecular complexity index is 774. The molecule has 0 spiro atoms. The first kappa shape index (κ1) is 22.3. The highest BCUT2D eigenvalue weighted by atomic mass is 16.5. The number of carbonyl (C=O) groups excluding carboxylic acids is 3. The van der Waals surface area contributed by atoms with Gasteiger partial charge in [-0.3, -0.25) is 9.59 Å². The number of piperidine rings is 1. The van der Waals surface area contributed by atoms with Gasteiger partial charge in [-0.1, -0.05) is 0 Å². The number of nitrogens with one attached hydrogen (secondary N) is 2. The third-order valence-corrected chi connectivity index (χ3v) is 6.06. The fourth-order valence-corrected chi connectivity index (χ4v) is 4.34. The zero-order valence-corrected chi connectivity index (χ0v) is 18.2. The van der Waals surface area contributed by atoms with Crippen molar-refractivity contribution in [2.24, 2.45) is 5.92 Å². The molecule has 1 aromatic rings. The predicted octanol–water partition coefficient (Wildman–Crippen LogP) is 2.35. The van der Waals surface area contributed by atoms with Gasteiger partial charge in [-0.25, -0.2) is 4.79 Å². The number of rotatable bonds is 7. The molecule has 2 aliphatic heterocycles. The number of hydrogen-bond acceptors (Lipinski definition) is 5. The van der Waals surface area contributed by atoms with Crippen molar-refractivity contribution in [3.8, 4) is 0 Å². The number of likely N-dealkylation sites (tertiary alicyclic amines) is 1. The maximum atomic E-state index is 13.0. The van der Waals surface area contributed by atoms with E-state index in [2.05, 4.69) is 10.3 Å². The number of aromatic amines is 1. The molecule has 1 aromatic heterocycles. The van der Waals surface area contributed by atoms with Crippen LogP contribution in [0.5, 0.6) is 0 Å². The van der Waals surface area contributed by atoms with Crippen LogP contribution in [0.3, 0.4) is 0 Å². The van der Waals surface area contributed by atoms with E-state index in [1.54, 1.807) is 25.7 Å². The first-order chi connectivity index (χ1) is 14.4. The highest BCUT2D eigenvalue weighted by Gasteiger charge is 2.29. The van der Waals surface area contributed by atoms with Gasteiger partial charge in [0.15, 0.2) is 0 Å². The van der Waals surface area contributed by atoms with Crippen molar-refractivity contribution in [1.82, 2.24) is 15.2 Å². The van der Waals surface area contributed by atoms with E-state index in [0.717, 1.165) is 32.3 Å². The van der Waals surface area contributed by atoms with Crippen molar-refractivity contribution in [3.05, 3.63) is 22.5 Å². The van der Waals surface area contributed by atoms with Crippen LogP contribution < -0.4 is 5.32 Å². The molecular weight excluding hydrogens is 386 g/mol. The zero-order chi connectivity index (χ0) is 21.7. The molecule has 2 aliphatic rings. The van der Waals surface area contributed by atoms with Gasteiger partial charge in [-0.2, -0.15) is 0 Å². The molecule has 2 fully saturated rings. The van der Waals surface area contributed by atoms with E-state index >= 15 is 0 Å². The van der Waals surface area contributed by atoms with Crippen molar-refractivity contribution in [1.29, 1.82) is 0 Å². The average Bonchev–Trinajstić information content (AvgIpc) is 3.34. The molecule has 30 heavy (non-hydrogen) atoms. The highest BCUT2D eigenvalue weighted by molar-refractivity contribution is 6.00. The molecule has 0 bridgehead atoms. The molecule has 0 saturated carbocycles. The van der Waals surface area contributed by atoms with Crippen LogP contribution in [0.4, 0.5) is 0 Å². The number of esters is 1. The van der Waals surface area contributed by atoms with Gasteiger partial charge in [0.2, 0.25) is 5.91 Å². The molecule has 166 valence electrons. The number of ether oxygens (including phenoxy) is 2. The molecule has 8 nitrogen and oxygen atoms in total. The van der Waals surface area contributed by atoms with E-state index in [-0.39, 0.29) is 23.8 Å². The standard InChI is InChI=1S/C22H33N3O5/c1-4-29-22(28)19-14(2)20(24-15(19)3)21(27)25-9-7-16(8-10-25)12-18(26)23-13-17-6-5-11-30-17/h16-17,24H,4-13H2,1-3H3,(H,23,26)/t17-/m1/s1. The summed E-state index contributed by atoms with van der Waals surface area (Å²) in [5.41, 5.74) is 2.17. The van der Waals surface area contributed by atoms with Gasteiger partial charge in [0.05, 0.1) is 18.3 Å². The van der Waals surface area contributed by atoms with E-state index in [9.17, 15) is 14.4 Å². The summed E-state index contributed by atoms with van der Waals surface area (Å²) >= 11 is 0. The second-order valence-corrected chi connectivity index (χ2v) is 8.22. The van der Waals surface area contributed by atoms with Crippen molar-refractivity contribution in [2.45, 2.75) is 59.0 Å². The first-order valence-electron chi connectivity index (χ1n) is 10.9. The second kappa shape index (κ2) is 10.1. The van der Waals surface area contributed by atoms with Crippen LogP contribution in [0.25, 0.3) is 0 Å². The van der Waals surface area contributed by atoms with Crippen molar-refractivity contribution in [2.75, 3.05) is 32.8 Å². The number of aryl methyl sites for hydroxylation is 1. The summed E-state index contributed by atoms with van der Waals surface area (Å²) in [7, 11) is 0. The summed E-state index contributed by atoms with van der Waals surface area (Å²) in [5.74, 6) is -0.173. The van der Waals surface area contributed by atoms with Crippen molar-refractivity contribution < 1.29 is 23.9 Å². The Hall–Kier alpha value is -2.35. The number of aromatic nitrogens is 1. The van der Waals surface area contributed by atoms with Crippen LogP contribution in [0.1, 0.15) is 71.1 Å². The van der Waals surface area contributed by atoms with Gasteiger partial charge >= 0.3 is 5.97 Å². The van der Waals surface area contributed by atoms with Gasteiger partial charge in [-0.15, -0.1) is 0 Å². The summed E-state index contributed by atoms with van der Waals surface area (Å²) in [6, 6.07) is 0. The van der Waals surface area contributed by atoms with E-state index in [0.29, 0.717) is 55.2 Å². The molecule has 2 amide bonds. The van der Waals surface area contributed by atoms with E-state index in [1.807, 2.05) is 0 Å². The first-order valence-corrected chi connectivity index (χ1v) is 10.9. The summed E-state index contributed by atoms with van der Waals surface area (Å²) in [6.07, 6.45) is 4.30.